The minimum Gasteiger partial charge on any atom is -0.507 e. The summed E-state index contributed by atoms with van der Waals surface area (Å²) in [4.78, 5) is 16.2. The first-order valence-corrected chi connectivity index (χ1v) is 6.54. The van der Waals surface area contributed by atoms with Crippen molar-refractivity contribution >= 4 is 11.7 Å². The van der Waals surface area contributed by atoms with Gasteiger partial charge in [0.05, 0.1) is 5.56 Å². The van der Waals surface area contributed by atoms with Crippen LogP contribution in [0.5, 0.6) is 5.75 Å². The van der Waals surface area contributed by atoms with E-state index in [9.17, 15) is 9.90 Å². The van der Waals surface area contributed by atoms with Crippen molar-refractivity contribution in [2.45, 2.75) is 26.7 Å². The van der Waals surface area contributed by atoms with Gasteiger partial charge in [0.15, 0.2) is 0 Å². The number of carbonyl (C=O) groups is 1. The smallest absolute Gasteiger partial charge is 0.260 e. The first-order valence-electron chi connectivity index (χ1n) is 6.54. The molecule has 1 heterocycles. The molecular formula is C16H18N2O2. The van der Waals surface area contributed by atoms with Gasteiger partial charge in [-0.3, -0.25) is 4.79 Å². The number of hydrogen-bond donors (Lipinski definition) is 2. The zero-order valence-corrected chi connectivity index (χ0v) is 11.8. The maximum absolute atomic E-state index is 12.1. The third-order valence-corrected chi connectivity index (χ3v) is 3.09. The summed E-state index contributed by atoms with van der Waals surface area (Å²) in [6.45, 7) is 5.99. The molecule has 1 amide bonds. The lowest BCUT2D eigenvalue weighted by Crippen LogP contribution is -2.13. The normalized spacial score (nSPS) is 10.6. The Morgan fingerprint density at radius 2 is 2.00 bits per heavy atom. The largest absolute Gasteiger partial charge is 0.507 e. The van der Waals surface area contributed by atoms with Crippen molar-refractivity contribution in [3.63, 3.8) is 0 Å². The summed E-state index contributed by atoms with van der Waals surface area (Å²) in [5.74, 6) is 0.399. The van der Waals surface area contributed by atoms with E-state index in [1.807, 2.05) is 32.9 Å². The lowest BCUT2D eigenvalue weighted by Gasteiger charge is -2.10. The number of rotatable bonds is 3. The van der Waals surface area contributed by atoms with Crippen LogP contribution in [0.4, 0.5) is 5.82 Å². The maximum atomic E-state index is 12.1. The van der Waals surface area contributed by atoms with Crippen LogP contribution in [0.3, 0.4) is 0 Å². The summed E-state index contributed by atoms with van der Waals surface area (Å²) in [6, 6.07) is 8.74. The van der Waals surface area contributed by atoms with Crippen LogP contribution in [-0.4, -0.2) is 16.0 Å². The van der Waals surface area contributed by atoms with Crippen LogP contribution < -0.4 is 5.32 Å². The van der Waals surface area contributed by atoms with Gasteiger partial charge in [0, 0.05) is 6.20 Å². The molecule has 0 aliphatic carbocycles. The van der Waals surface area contributed by atoms with Gasteiger partial charge in [-0.15, -0.1) is 0 Å². The molecule has 4 heteroatoms. The standard InChI is InChI=1S/C16H18N2O2/c1-10(2)12-4-5-13(14(19)9-12)16(20)18-15-8-11(3)6-7-17-15/h4-10,19H,1-3H3,(H,17,18,20). The van der Waals surface area contributed by atoms with E-state index in [1.54, 1.807) is 24.4 Å². The van der Waals surface area contributed by atoms with Gasteiger partial charge >= 0.3 is 0 Å². The van der Waals surface area contributed by atoms with Crippen LogP contribution in [0.15, 0.2) is 36.5 Å². The van der Waals surface area contributed by atoms with Crippen molar-refractivity contribution in [1.29, 1.82) is 0 Å². The van der Waals surface area contributed by atoms with Gasteiger partial charge in [-0.25, -0.2) is 4.98 Å². The highest BCUT2D eigenvalue weighted by molar-refractivity contribution is 6.05. The number of nitrogens with one attached hydrogen (secondary N) is 1. The fourth-order valence-electron chi connectivity index (χ4n) is 1.89. The molecule has 1 aromatic carbocycles. The minimum atomic E-state index is -0.365. The van der Waals surface area contributed by atoms with E-state index in [4.69, 9.17) is 0 Å². The highest BCUT2D eigenvalue weighted by Gasteiger charge is 2.13. The summed E-state index contributed by atoms with van der Waals surface area (Å²) in [5.41, 5.74) is 2.25. The van der Waals surface area contributed by atoms with Gasteiger partial charge in [0.1, 0.15) is 11.6 Å². The molecule has 0 saturated carbocycles. The predicted octanol–water partition coefficient (Wildman–Crippen LogP) is 3.47. The Bertz CT molecular complexity index is 636. The maximum Gasteiger partial charge on any atom is 0.260 e. The monoisotopic (exact) mass is 270 g/mol. The fourth-order valence-corrected chi connectivity index (χ4v) is 1.89. The number of phenolic OH excluding ortho intramolecular Hbond substituents is 1. The fraction of sp³-hybridized carbons (Fsp3) is 0.250. The molecule has 104 valence electrons. The second-order valence-electron chi connectivity index (χ2n) is 5.10. The van der Waals surface area contributed by atoms with Gasteiger partial charge in [-0.05, 0) is 48.2 Å². The number of hydrogen-bond acceptors (Lipinski definition) is 3. The lowest BCUT2D eigenvalue weighted by atomic mass is 10.0. The number of benzene rings is 1. The van der Waals surface area contributed by atoms with Crippen LogP contribution in [0, 0.1) is 6.92 Å². The Kier molecular flexibility index (Phi) is 4.03. The summed E-state index contributed by atoms with van der Waals surface area (Å²) in [6.07, 6.45) is 1.63. The van der Waals surface area contributed by atoms with E-state index < -0.39 is 0 Å². The number of aromatic hydroxyl groups is 1. The van der Waals surface area contributed by atoms with Gasteiger partial charge in [0.2, 0.25) is 0 Å². The van der Waals surface area contributed by atoms with Crippen molar-refractivity contribution in [2.75, 3.05) is 5.32 Å². The zero-order chi connectivity index (χ0) is 14.7. The summed E-state index contributed by atoms with van der Waals surface area (Å²) in [5, 5.41) is 12.6. The van der Waals surface area contributed by atoms with E-state index in [2.05, 4.69) is 10.3 Å². The number of amides is 1. The van der Waals surface area contributed by atoms with Crippen LogP contribution in [-0.2, 0) is 0 Å². The molecule has 0 aliphatic heterocycles. The number of aryl methyl sites for hydroxylation is 1. The topological polar surface area (TPSA) is 62.2 Å². The third-order valence-electron chi connectivity index (χ3n) is 3.09. The average molecular weight is 270 g/mol. The average Bonchev–Trinajstić information content (AvgIpc) is 2.38. The van der Waals surface area contributed by atoms with Crippen molar-refractivity contribution in [3.8, 4) is 5.75 Å². The highest BCUT2D eigenvalue weighted by atomic mass is 16.3. The van der Waals surface area contributed by atoms with Crippen molar-refractivity contribution in [3.05, 3.63) is 53.2 Å². The summed E-state index contributed by atoms with van der Waals surface area (Å²) in [7, 11) is 0. The van der Waals surface area contributed by atoms with Crippen molar-refractivity contribution in [2.24, 2.45) is 0 Å². The van der Waals surface area contributed by atoms with Gasteiger partial charge in [0.25, 0.3) is 5.91 Å². The van der Waals surface area contributed by atoms with Crippen molar-refractivity contribution in [1.82, 2.24) is 4.98 Å². The Morgan fingerprint density at radius 3 is 2.60 bits per heavy atom. The van der Waals surface area contributed by atoms with Gasteiger partial charge in [-0.2, -0.15) is 0 Å². The number of nitrogens with zero attached hydrogens (tertiary/aromatic N) is 1. The Labute approximate surface area is 118 Å². The van der Waals surface area contributed by atoms with E-state index in [0.29, 0.717) is 11.7 Å². The molecule has 2 rings (SSSR count). The predicted molar refractivity (Wildman–Crippen MR) is 79.1 cm³/mol. The molecule has 0 spiro atoms. The van der Waals surface area contributed by atoms with Gasteiger partial charge < -0.3 is 10.4 Å². The SMILES string of the molecule is Cc1ccnc(NC(=O)c2ccc(C(C)C)cc2O)c1. The molecule has 4 nitrogen and oxygen atoms in total. The molecule has 0 saturated heterocycles. The number of phenols is 1. The third kappa shape index (κ3) is 3.15. The second-order valence-corrected chi connectivity index (χ2v) is 5.10. The molecule has 0 bridgehead atoms. The number of carbonyl (C=O) groups excluding carboxylic acids is 1. The molecule has 20 heavy (non-hydrogen) atoms. The summed E-state index contributed by atoms with van der Waals surface area (Å²) >= 11 is 0. The second kappa shape index (κ2) is 5.74. The first-order chi connectivity index (χ1) is 9.47. The quantitative estimate of drug-likeness (QED) is 0.897. The number of pyridine rings is 1. The molecule has 2 aromatic rings. The van der Waals surface area contributed by atoms with Crippen LogP contribution in [0.25, 0.3) is 0 Å². The molecule has 0 fully saturated rings. The van der Waals surface area contributed by atoms with E-state index in [1.165, 1.54) is 0 Å². The molecule has 0 radical (unpaired) electrons. The Morgan fingerprint density at radius 1 is 1.25 bits per heavy atom. The van der Waals surface area contributed by atoms with E-state index in [0.717, 1.165) is 11.1 Å². The van der Waals surface area contributed by atoms with E-state index in [-0.39, 0.29) is 17.2 Å². The Balaban J connectivity index is 2.21. The molecular weight excluding hydrogens is 252 g/mol. The van der Waals surface area contributed by atoms with Crippen molar-refractivity contribution < 1.29 is 9.90 Å². The molecule has 1 aromatic heterocycles. The lowest BCUT2D eigenvalue weighted by molar-refractivity contribution is 0.102. The Hall–Kier alpha value is -2.36. The first kappa shape index (κ1) is 14.1. The van der Waals surface area contributed by atoms with Crippen LogP contribution in [0.1, 0.15) is 41.3 Å². The summed E-state index contributed by atoms with van der Waals surface area (Å²) < 4.78 is 0. The van der Waals surface area contributed by atoms with Crippen LogP contribution in [0.2, 0.25) is 0 Å². The highest BCUT2D eigenvalue weighted by Crippen LogP contribution is 2.24. The molecule has 2 N–H and O–H groups in total. The minimum absolute atomic E-state index is 0.0126. The zero-order valence-electron chi connectivity index (χ0n) is 11.8. The van der Waals surface area contributed by atoms with Gasteiger partial charge in [-0.1, -0.05) is 19.9 Å². The number of anilines is 1. The molecule has 0 unspecified atom stereocenters. The molecule has 0 atom stereocenters. The molecule has 0 aliphatic rings. The van der Waals surface area contributed by atoms with E-state index >= 15 is 0 Å². The number of aromatic nitrogens is 1. The van der Waals surface area contributed by atoms with Crippen LogP contribution >= 0.6 is 0 Å².